The number of benzene rings is 1. The second-order valence-electron chi connectivity index (χ2n) is 7.95. The summed E-state index contributed by atoms with van der Waals surface area (Å²) in [6, 6.07) is 5.02. The quantitative estimate of drug-likeness (QED) is 0.785. The first-order valence-corrected chi connectivity index (χ1v) is 11.7. The van der Waals surface area contributed by atoms with Crippen molar-refractivity contribution in [2.24, 2.45) is 17.8 Å². The van der Waals surface area contributed by atoms with E-state index in [0.717, 1.165) is 19.3 Å². The van der Waals surface area contributed by atoms with E-state index in [1.807, 2.05) is 13.8 Å². The van der Waals surface area contributed by atoms with Crippen molar-refractivity contribution in [2.75, 3.05) is 18.4 Å². The molecule has 1 aromatic rings. The van der Waals surface area contributed by atoms with E-state index in [2.05, 4.69) is 5.32 Å². The Kier molecular flexibility index (Phi) is 6.25. The van der Waals surface area contributed by atoms with Crippen molar-refractivity contribution in [3.8, 4) is 0 Å². The van der Waals surface area contributed by atoms with E-state index < -0.39 is 10.0 Å². The fourth-order valence-corrected chi connectivity index (χ4v) is 6.31. The maximum atomic E-state index is 12.9. The highest BCUT2D eigenvalue weighted by Crippen LogP contribution is 2.40. The van der Waals surface area contributed by atoms with Crippen molar-refractivity contribution < 1.29 is 18.0 Å². The summed E-state index contributed by atoms with van der Waals surface area (Å²) in [5, 5.41) is 2.90. The number of carbonyl (C=O) groups excluding carboxylic acids is 2. The minimum absolute atomic E-state index is 0.0138. The standard InChI is InChI=1S/C21H30N2O4S/c1-4-23(5-2)28(26,27)19-13-18(10-9-14(19)3)22-21(25)17-11-15-7-6-8-16(12-17)20(15)24/h9-10,13,15-17H,4-8,11-12H2,1-3H3,(H,22,25)/t15-,16-/m1/s1. The summed E-state index contributed by atoms with van der Waals surface area (Å²) >= 11 is 0. The number of anilines is 1. The molecule has 2 saturated carbocycles. The lowest BCUT2D eigenvalue weighted by Gasteiger charge is -2.36. The van der Waals surface area contributed by atoms with Gasteiger partial charge in [-0.15, -0.1) is 0 Å². The Bertz CT molecular complexity index is 845. The van der Waals surface area contributed by atoms with Gasteiger partial charge in [0, 0.05) is 36.5 Å². The van der Waals surface area contributed by atoms with Gasteiger partial charge in [-0.25, -0.2) is 8.42 Å². The molecule has 0 radical (unpaired) electrons. The van der Waals surface area contributed by atoms with Gasteiger partial charge in [0.25, 0.3) is 0 Å². The van der Waals surface area contributed by atoms with E-state index >= 15 is 0 Å². The third-order valence-corrected chi connectivity index (χ3v) is 8.39. The topological polar surface area (TPSA) is 83.6 Å². The van der Waals surface area contributed by atoms with Crippen molar-refractivity contribution in [2.45, 2.75) is 57.8 Å². The number of amides is 1. The monoisotopic (exact) mass is 406 g/mol. The van der Waals surface area contributed by atoms with Crippen LogP contribution in [-0.4, -0.2) is 37.5 Å². The summed E-state index contributed by atoms with van der Waals surface area (Å²) in [7, 11) is -3.60. The van der Waals surface area contributed by atoms with E-state index in [4.69, 9.17) is 0 Å². The molecule has 2 bridgehead atoms. The lowest BCUT2D eigenvalue weighted by molar-refractivity contribution is -0.136. The van der Waals surface area contributed by atoms with Gasteiger partial charge >= 0.3 is 0 Å². The van der Waals surface area contributed by atoms with E-state index in [0.29, 0.717) is 43.0 Å². The molecule has 1 aromatic carbocycles. The molecule has 0 unspecified atom stereocenters. The van der Waals surface area contributed by atoms with Crippen LogP contribution in [0.4, 0.5) is 5.69 Å². The van der Waals surface area contributed by atoms with Gasteiger partial charge in [-0.3, -0.25) is 9.59 Å². The molecule has 1 N–H and O–H groups in total. The zero-order chi connectivity index (χ0) is 20.5. The largest absolute Gasteiger partial charge is 0.326 e. The second kappa shape index (κ2) is 8.33. The van der Waals surface area contributed by atoms with Crippen molar-refractivity contribution in [3.05, 3.63) is 23.8 Å². The third-order valence-electron chi connectivity index (χ3n) is 6.20. The first-order valence-electron chi connectivity index (χ1n) is 10.2. The summed E-state index contributed by atoms with van der Waals surface area (Å²) in [6.45, 7) is 6.17. The molecule has 0 aliphatic heterocycles. The van der Waals surface area contributed by atoms with Crippen molar-refractivity contribution in [3.63, 3.8) is 0 Å². The van der Waals surface area contributed by atoms with Gasteiger partial charge < -0.3 is 5.32 Å². The molecule has 2 fully saturated rings. The first-order chi connectivity index (χ1) is 13.3. The summed E-state index contributed by atoms with van der Waals surface area (Å²) < 4.78 is 27.2. The van der Waals surface area contributed by atoms with Gasteiger partial charge in [0.05, 0.1) is 4.90 Å². The van der Waals surface area contributed by atoms with Crippen molar-refractivity contribution in [1.82, 2.24) is 4.31 Å². The van der Waals surface area contributed by atoms with Gasteiger partial charge in [0.1, 0.15) is 5.78 Å². The van der Waals surface area contributed by atoms with Gasteiger partial charge in [-0.1, -0.05) is 26.3 Å². The Labute approximate surface area is 167 Å². The number of hydrogen-bond acceptors (Lipinski definition) is 4. The van der Waals surface area contributed by atoms with E-state index in [9.17, 15) is 18.0 Å². The molecule has 0 saturated heterocycles. The molecule has 0 heterocycles. The highest BCUT2D eigenvalue weighted by molar-refractivity contribution is 7.89. The Balaban J connectivity index is 1.78. The molecule has 154 valence electrons. The van der Waals surface area contributed by atoms with Crippen molar-refractivity contribution in [1.29, 1.82) is 0 Å². The zero-order valence-corrected chi connectivity index (χ0v) is 17.7. The third kappa shape index (κ3) is 4.01. The minimum Gasteiger partial charge on any atom is -0.326 e. The van der Waals surface area contributed by atoms with E-state index in [-0.39, 0.29) is 28.6 Å². The predicted octanol–water partition coefficient (Wildman–Crippen LogP) is 3.36. The number of nitrogens with one attached hydrogen (secondary N) is 1. The average molecular weight is 407 g/mol. The summed E-state index contributed by atoms with van der Waals surface area (Å²) in [5.41, 5.74) is 1.14. The molecule has 3 rings (SSSR count). The first kappa shape index (κ1) is 21.0. The molecule has 0 aromatic heterocycles. The Morgan fingerprint density at radius 3 is 2.32 bits per heavy atom. The number of fused-ring (bicyclic) bond motifs is 2. The SMILES string of the molecule is CCN(CC)S(=O)(=O)c1cc(NC(=O)C2C[C@H]3CCC[C@H](C2)C3=O)ccc1C. The fraction of sp³-hybridized carbons (Fsp3) is 0.619. The van der Waals surface area contributed by atoms with Gasteiger partial charge in [0.15, 0.2) is 0 Å². The molecular formula is C21H30N2O4S. The number of Topliss-reactive ketones (excluding diaryl/α,β-unsaturated/α-hetero) is 1. The van der Waals surface area contributed by atoms with Crippen LogP contribution in [0.1, 0.15) is 51.5 Å². The van der Waals surface area contributed by atoms with Crippen LogP contribution in [0, 0.1) is 24.7 Å². The van der Waals surface area contributed by atoms with E-state index in [1.54, 1.807) is 25.1 Å². The lowest BCUT2D eigenvalue weighted by atomic mass is 9.67. The van der Waals surface area contributed by atoms with Crippen LogP contribution in [0.2, 0.25) is 0 Å². The van der Waals surface area contributed by atoms with Gasteiger partial charge in [-0.05, 0) is 50.3 Å². The summed E-state index contributed by atoms with van der Waals surface area (Å²) in [6.07, 6.45) is 4.06. The number of rotatable bonds is 6. The predicted molar refractivity (Wildman–Crippen MR) is 108 cm³/mol. The number of sulfonamides is 1. The molecule has 6 nitrogen and oxygen atoms in total. The minimum atomic E-state index is -3.60. The zero-order valence-electron chi connectivity index (χ0n) is 16.9. The number of hydrogen-bond donors (Lipinski definition) is 1. The lowest BCUT2D eigenvalue weighted by Crippen LogP contribution is -2.40. The van der Waals surface area contributed by atoms with Gasteiger partial charge in [0.2, 0.25) is 15.9 Å². The highest BCUT2D eigenvalue weighted by atomic mass is 32.2. The summed E-state index contributed by atoms with van der Waals surface area (Å²) in [4.78, 5) is 25.3. The number of ketones is 1. The molecule has 2 atom stereocenters. The molecule has 2 aliphatic rings. The fourth-order valence-electron chi connectivity index (χ4n) is 4.60. The van der Waals surface area contributed by atoms with Crippen LogP contribution in [0.5, 0.6) is 0 Å². The number of aryl methyl sites for hydroxylation is 1. The van der Waals surface area contributed by atoms with Crippen LogP contribution in [-0.2, 0) is 19.6 Å². The average Bonchev–Trinajstić information content (AvgIpc) is 2.63. The van der Waals surface area contributed by atoms with Crippen LogP contribution in [0.3, 0.4) is 0 Å². The Morgan fingerprint density at radius 2 is 1.75 bits per heavy atom. The van der Waals surface area contributed by atoms with Crippen LogP contribution in [0.25, 0.3) is 0 Å². The summed E-state index contributed by atoms with van der Waals surface area (Å²) in [5.74, 6) is 0.0644. The number of carbonyl (C=O) groups is 2. The highest BCUT2D eigenvalue weighted by Gasteiger charge is 2.41. The van der Waals surface area contributed by atoms with E-state index in [1.165, 1.54) is 4.31 Å². The maximum Gasteiger partial charge on any atom is 0.243 e. The molecule has 7 heteroatoms. The number of nitrogens with zero attached hydrogens (tertiary/aromatic N) is 1. The molecule has 2 aliphatic carbocycles. The Morgan fingerprint density at radius 1 is 1.14 bits per heavy atom. The van der Waals surface area contributed by atoms with Gasteiger partial charge in [-0.2, -0.15) is 4.31 Å². The van der Waals surface area contributed by atoms with Crippen molar-refractivity contribution >= 4 is 27.4 Å². The Hall–Kier alpha value is -1.73. The smallest absolute Gasteiger partial charge is 0.243 e. The molecule has 28 heavy (non-hydrogen) atoms. The van der Waals surface area contributed by atoms with Crippen LogP contribution in [0.15, 0.2) is 23.1 Å². The maximum absolute atomic E-state index is 12.9. The molecular weight excluding hydrogens is 376 g/mol. The molecule has 0 spiro atoms. The normalized spacial score (nSPS) is 25.0. The molecule has 1 amide bonds. The van der Waals surface area contributed by atoms with Crippen LogP contribution < -0.4 is 5.32 Å². The van der Waals surface area contributed by atoms with Crippen LogP contribution >= 0.6 is 0 Å². The second-order valence-corrected chi connectivity index (χ2v) is 9.86.